The fourth-order valence-corrected chi connectivity index (χ4v) is 2.97. The van der Waals surface area contributed by atoms with Crippen LogP contribution in [0.1, 0.15) is 16.8 Å². The molecule has 1 atom stereocenters. The first-order chi connectivity index (χ1) is 10.8. The van der Waals surface area contributed by atoms with E-state index < -0.39 is 0 Å². The molecule has 3 rings (SSSR count). The third-order valence-electron chi connectivity index (χ3n) is 4.21. The average molecular weight is 307 g/mol. The van der Waals surface area contributed by atoms with Crippen LogP contribution in [0, 0.1) is 0 Å². The largest absolute Gasteiger partial charge is 0.472 e. The summed E-state index contributed by atoms with van der Waals surface area (Å²) in [6.07, 6.45) is 3.73. The van der Waals surface area contributed by atoms with E-state index in [1.165, 1.54) is 12.5 Å². The van der Waals surface area contributed by atoms with E-state index in [4.69, 9.17) is 9.15 Å². The molecule has 22 heavy (non-hydrogen) atoms. The molecule has 0 aromatic carbocycles. The first kappa shape index (κ1) is 15.1. The van der Waals surface area contributed by atoms with Gasteiger partial charge in [-0.3, -0.25) is 14.5 Å². The number of carbonyl (C=O) groups excluding carboxylic acids is 2. The number of carbonyl (C=O) groups is 2. The van der Waals surface area contributed by atoms with E-state index in [1.54, 1.807) is 6.07 Å². The van der Waals surface area contributed by atoms with Crippen molar-refractivity contribution in [2.75, 3.05) is 45.9 Å². The Balaban J connectivity index is 1.43. The van der Waals surface area contributed by atoms with Gasteiger partial charge in [-0.25, -0.2) is 0 Å². The highest BCUT2D eigenvalue weighted by Crippen LogP contribution is 2.18. The Morgan fingerprint density at radius 2 is 2.14 bits per heavy atom. The Morgan fingerprint density at radius 3 is 2.86 bits per heavy atom. The summed E-state index contributed by atoms with van der Waals surface area (Å²) in [5.74, 6) is -0.00964. The summed E-state index contributed by atoms with van der Waals surface area (Å²) in [7, 11) is 0. The molecule has 1 N–H and O–H groups in total. The molecule has 7 heteroatoms. The number of morpholine rings is 1. The van der Waals surface area contributed by atoms with Gasteiger partial charge >= 0.3 is 0 Å². The number of nitrogens with one attached hydrogen (secondary N) is 1. The third-order valence-corrected chi connectivity index (χ3v) is 4.21. The molecule has 0 spiro atoms. The SMILES string of the molecule is O=C(NCCN1CC[C@H](N2CCOCC2)C1=O)c1ccoc1. The molecule has 2 fully saturated rings. The molecule has 2 amide bonds. The predicted octanol–water partition coefficient (Wildman–Crippen LogP) is -0.0575. The highest BCUT2D eigenvalue weighted by Gasteiger charge is 2.36. The van der Waals surface area contributed by atoms with E-state index in [0.717, 1.165) is 26.1 Å². The number of likely N-dealkylation sites (tertiary alicyclic amines) is 1. The molecule has 0 saturated carbocycles. The van der Waals surface area contributed by atoms with Crippen LogP contribution < -0.4 is 5.32 Å². The molecule has 0 aliphatic carbocycles. The zero-order chi connectivity index (χ0) is 15.4. The smallest absolute Gasteiger partial charge is 0.254 e. The Kier molecular flexibility index (Phi) is 4.74. The molecule has 2 saturated heterocycles. The Hall–Kier alpha value is -1.86. The molecule has 0 unspecified atom stereocenters. The van der Waals surface area contributed by atoms with Crippen LogP contribution in [-0.4, -0.2) is 73.6 Å². The minimum absolute atomic E-state index is 0.0199. The zero-order valence-corrected chi connectivity index (χ0v) is 12.5. The van der Waals surface area contributed by atoms with E-state index in [-0.39, 0.29) is 17.9 Å². The first-order valence-electron chi connectivity index (χ1n) is 7.66. The predicted molar refractivity (Wildman–Crippen MR) is 78.4 cm³/mol. The highest BCUT2D eigenvalue weighted by molar-refractivity contribution is 5.93. The van der Waals surface area contributed by atoms with E-state index in [1.807, 2.05) is 4.90 Å². The van der Waals surface area contributed by atoms with Crippen molar-refractivity contribution in [1.29, 1.82) is 0 Å². The maximum Gasteiger partial charge on any atom is 0.254 e. The van der Waals surface area contributed by atoms with Crippen molar-refractivity contribution in [3.8, 4) is 0 Å². The summed E-state index contributed by atoms with van der Waals surface area (Å²) >= 11 is 0. The minimum atomic E-state index is -0.176. The van der Waals surface area contributed by atoms with Crippen molar-refractivity contribution in [3.63, 3.8) is 0 Å². The van der Waals surface area contributed by atoms with Gasteiger partial charge < -0.3 is 19.4 Å². The van der Waals surface area contributed by atoms with Gasteiger partial charge in [-0.15, -0.1) is 0 Å². The number of hydrogen-bond donors (Lipinski definition) is 1. The van der Waals surface area contributed by atoms with Gasteiger partial charge in [0.25, 0.3) is 5.91 Å². The van der Waals surface area contributed by atoms with Crippen LogP contribution in [0.5, 0.6) is 0 Å². The van der Waals surface area contributed by atoms with Gasteiger partial charge in [0.05, 0.1) is 31.1 Å². The minimum Gasteiger partial charge on any atom is -0.472 e. The van der Waals surface area contributed by atoms with Gasteiger partial charge in [0.2, 0.25) is 5.91 Å². The summed E-state index contributed by atoms with van der Waals surface area (Å²) < 4.78 is 10.2. The Labute approximate surface area is 129 Å². The van der Waals surface area contributed by atoms with E-state index in [2.05, 4.69) is 10.2 Å². The molecule has 2 aliphatic heterocycles. The monoisotopic (exact) mass is 307 g/mol. The van der Waals surface area contributed by atoms with E-state index >= 15 is 0 Å². The lowest BCUT2D eigenvalue weighted by molar-refractivity contribution is -0.133. The van der Waals surface area contributed by atoms with Gasteiger partial charge in [-0.2, -0.15) is 0 Å². The second kappa shape index (κ2) is 6.93. The summed E-state index contributed by atoms with van der Waals surface area (Å²) in [5, 5.41) is 2.80. The molecular formula is C15H21N3O4. The molecule has 1 aromatic heterocycles. The second-order valence-electron chi connectivity index (χ2n) is 5.55. The normalized spacial score (nSPS) is 23.0. The molecule has 7 nitrogen and oxygen atoms in total. The van der Waals surface area contributed by atoms with Gasteiger partial charge in [-0.1, -0.05) is 0 Å². The lowest BCUT2D eigenvalue weighted by atomic mass is 10.2. The second-order valence-corrected chi connectivity index (χ2v) is 5.55. The Morgan fingerprint density at radius 1 is 1.32 bits per heavy atom. The number of furan rings is 1. The lowest BCUT2D eigenvalue weighted by Gasteiger charge is -2.31. The number of hydrogen-bond acceptors (Lipinski definition) is 5. The van der Waals surface area contributed by atoms with E-state index in [0.29, 0.717) is 31.9 Å². The molecular weight excluding hydrogens is 286 g/mol. The topological polar surface area (TPSA) is 75.0 Å². The summed E-state index contributed by atoms with van der Waals surface area (Å²) in [4.78, 5) is 28.2. The quantitative estimate of drug-likeness (QED) is 0.825. The van der Waals surface area contributed by atoms with Crippen molar-refractivity contribution in [1.82, 2.24) is 15.1 Å². The standard InChI is InChI=1S/C15H21N3O4/c19-14(12-2-8-22-11-12)16-3-5-18-4-1-13(15(18)20)17-6-9-21-10-7-17/h2,8,11,13H,1,3-7,9-10H2,(H,16,19)/t13-/m0/s1. The van der Waals surface area contributed by atoms with Crippen molar-refractivity contribution in [3.05, 3.63) is 24.2 Å². The average Bonchev–Trinajstić information content (AvgIpc) is 3.19. The summed E-state index contributed by atoms with van der Waals surface area (Å²) in [6, 6.07) is 1.60. The van der Waals surface area contributed by atoms with Crippen LogP contribution in [0.15, 0.2) is 23.0 Å². The van der Waals surface area contributed by atoms with Crippen molar-refractivity contribution in [2.45, 2.75) is 12.5 Å². The van der Waals surface area contributed by atoms with E-state index in [9.17, 15) is 9.59 Å². The molecule has 3 heterocycles. The third kappa shape index (κ3) is 3.31. The van der Waals surface area contributed by atoms with Crippen molar-refractivity contribution >= 4 is 11.8 Å². The number of amides is 2. The summed E-state index contributed by atoms with van der Waals surface area (Å²) in [6.45, 7) is 4.79. The van der Waals surface area contributed by atoms with Gasteiger partial charge in [-0.05, 0) is 12.5 Å². The van der Waals surface area contributed by atoms with Crippen LogP contribution >= 0.6 is 0 Å². The number of nitrogens with zero attached hydrogens (tertiary/aromatic N) is 2. The molecule has 120 valence electrons. The van der Waals surface area contributed by atoms with Crippen molar-refractivity contribution < 1.29 is 18.7 Å². The maximum atomic E-state index is 12.4. The maximum absolute atomic E-state index is 12.4. The fourth-order valence-electron chi connectivity index (χ4n) is 2.97. The van der Waals surface area contributed by atoms with Crippen LogP contribution in [0.25, 0.3) is 0 Å². The molecule has 0 radical (unpaired) electrons. The van der Waals surface area contributed by atoms with Crippen LogP contribution in [-0.2, 0) is 9.53 Å². The van der Waals surface area contributed by atoms with Crippen molar-refractivity contribution in [2.24, 2.45) is 0 Å². The highest BCUT2D eigenvalue weighted by atomic mass is 16.5. The van der Waals surface area contributed by atoms with Crippen LogP contribution in [0.3, 0.4) is 0 Å². The Bertz CT molecular complexity index is 511. The first-order valence-corrected chi connectivity index (χ1v) is 7.66. The van der Waals surface area contributed by atoms with Crippen LogP contribution in [0.4, 0.5) is 0 Å². The molecule has 0 bridgehead atoms. The molecule has 2 aliphatic rings. The lowest BCUT2D eigenvalue weighted by Crippen LogP contribution is -2.48. The van der Waals surface area contributed by atoms with Gasteiger partial charge in [0, 0.05) is 32.7 Å². The molecule has 1 aromatic rings. The zero-order valence-electron chi connectivity index (χ0n) is 12.5. The fraction of sp³-hybridized carbons (Fsp3) is 0.600. The van der Waals surface area contributed by atoms with Gasteiger partial charge in [0.15, 0.2) is 0 Å². The number of rotatable bonds is 5. The summed E-state index contributed by atoms with van der Waals surface area (Å²) in [5.41, 5.74) is 0.499. The number of ether oxygens (including phenoxy) is 1. The van der Waals surface area contributed by atoms with Gasteiger partial charge in [0.1, 0.15) is 6.26 Å². The van der Waals surface area contributed by atoms with Crippen LogP contribution in [0.2, 0.25) is 0 Å².